The third kappa shape index (κ3) is 2.92. The van der Waals surface area contributed by atoms with Gasteiger partial charge in [-0.1, -0.05) is 25.1 Å². The van der Waals surface area contributed by atoms with E-state index in [2.05, 4.69) is 19.1 Å². The van der Waals surface area contributed by atoms with E-state index in [0.717, 1.165) is 40.3 Å². The summed E-state index contributed by atoms with van der Waals surface area (Å²) in [6, 6.07) is 5.79. The van der Waals surface area contributed by atoms with Crippen LogP contribution in [-0.4, -0.2) is 29.3 Å². The van der Waals surface area contributed by atoms with Gasteiger partial charge in [0.05, 0.1) is 0 Å². The van der Waals surface area contributed by atoms with Gasteiger partial charge >= 0.3 is 5.97 Å². The summed E-state index contributed by atoms with van der Waals surface area (Å²) < 4.78 is 16.9. The van der Waals surface area contributed by atoms with E-state index in [-0.39, 0.29) is 29.5 Å². The first kappa shape index (κ1) is 19.9. The zero-order valence-corrected chi connectivity index (χ0v) is 18.2. The number of phenolic OH excluding ortho intramolecular Hbond substituents is 1. The third-order valence-corrected chi connectivity index (χ3v) is 6.93. The number of esters is 1. The lowest BCUT2D eigenvalue weighted by atomic mass is 9.64. The van der Waals surface area contributed by atoms with E-state index in [4.69, 9.17) is 14.2 Å². The van der Waals surface area contributed by atoms with E-state index in [0.29, 0.717) is 17.9 Å². The third-order valence-electron chi connectivity index (χ3n) is 6.93. The van der Waals surface area contributed by atoms with Crippen LogP contribution >= 0.6 is 0 Å². The lowest BCUT2D eigenvalue weighted by molar-refractivity contribution is -0.147. The molecule has 6 nitrogen and oxygen atoms in total. The predicted octanol–water partition coefficient (Wildman–Crippen LogP) is 4.54. The number of hydrogen-bond donors (Lipinski definition) is 1. The molecule has 2 aliphatic carbocycles. The number of ether oxygens (including phenoxy) is 3. The molecular formula is C25H26O6. The molecule has 1 aliphatic heterocycles. The van der Waals surface area contributed by atoms with Gasteiger partial charge in [0, 0.05) is 37.5 Å². The summed E-state index contributed by atoms with van der Waals surface area (Å²) in [6.45, 7) is 6.93. The summed E-state index contributed by atoms with van der Waals surface area (Å²) in [5, 5.41) is 12.3. The second kappa shape index (κ2) is 6.49. The van der Waals surface area contributed by atoms with Crippen LogP contribution < -0.4 is 9.47 Å². The lowest BCUT2D eigenvalue weighted by Crippen LogP contribution is -2.36. The Labute approximate surface area is 180 Å². The summed E-state index contributed by atoms with van der Waals surface area (Å²) in [5.41, 5.74) is 3.14. The van der Waals surface area contributed by atoms with Crippen LogP contribution in [0.25, 0.3) is 16.3 Å². The van der Waals surface area contributed by atoms with E-state index in [1.165, 1.54) is 6.92 Å². The number of aromatic hydroxyl groups is 1. The highest BCUT2D eigenvalue weighted by Gasteiger charge is 2.48. The molecule has 162 valence electrons. The van der Waals surface area contributed by atoms with Crippen molar-refractivity contribution < 1.29 is 28.9 Å². The van der Waals surface area contributed by atoms with Crippen LogP contribution in [0.15, 0.2) is 24.3 Å². The summed E-state index contributed by atoms with van der Waals surface area (Å²) in [6.07, 6.45) is 4.38. The molecule has 2 aromatic rings. The van der Waals surface area contributed by atoms with E-state index in [9.17, 15) is 14.7 Å². The van der Waals surface area contributed by atoms with Gasteiger partial charge < -0.3 is 19.3 Å². The Bertz CT molecular complexity index is 1170. The Morgan fingerprint density at radius 1 is 1.19 bits per heavy atom. The minimum absolute atomic E-state index is 0.0301. The maximum absolute atomic E-state index is 12.8. The molecule has 2 aromatic carbocycles. The number of hydrogen-bond acceptors (Lipinski definition) is 6. The molecule has 6 heteroatoms. The van der Waals surface area contributed by atoms with E-state index in [1.807, 2.05) is 19.9 Å². The highest BCUT2D eigenvalue weighted by Crippen LogP contribution is 2.58. The number of benzene rings is 2. The summed E-state index contributed by atoms with van der Waals surface area (Å²) in [4.78, 5) is 24.0. The number of phenols is 1. The standard InChI is InChI=1S/C25H26O6/c1-13(26)29-12-20(28)18-8-7-17-15-6-5-14-11-19(27)22-23(31-24(2,3)30-22)21(14)16(15)9-10-25(17,18)4/h5-7,11,18,27H,8-10,12H2,1-4H3/t18-,25-/m0/s1. The van der Waals surface area contributed by atoms with Crippen LogP contribution in [0, 0.1) is 11.3 Å². The minimum Gasteiger partial charge on any atom is -0.504 e. The molecule has 0 saturated heterocycles. The molecule has 3 aliphatic rings. The van der Waals surface area contributed by atoms with Gasteiger partial charge in [-0.05, 0) is 47.4 Å². The van der Waals surface area contributed by atoms with Crippen molar-refractivity contribution in [1.29, 1.82) is 0 Å². The van der Waals surface area contributed by atoms with Gasteiger partial charge in [-0.3, -0.25) is 9.59 Å². The fraction of sp³-hybridized carbons (Fsp3) is 0.440. The quantitative estimate of drug-likeness (QED) is 0.732. The largest absolute Gasteiger partial charge is 0.504 e. The smallest absolute Gasteiger partial charge is 0.303 e. The Hall–Kier alpha value is -3.02. The number of Topliss-reactive ketones (excluding diaryl/α,β-unsaturated/α-hetero) is 1. The van der Waals surface area contributed by atoms with E-state index in [1.54, 1.807) is 6.07 Å². The maximum atomic E-state index is 12.8. The Kier molecular flexibility index (Phi) is 4.17. The normalized spacial score (nSPS) is 25.0. The maximum Gasteiger partial charge on any atom is 0.303 e. The molecule has 1 N–H and O–H groups in total. The van der Waals surface area contributed by atoms with Crippen LogP contribution in [-0.2, 0) is 20.7 Å². The Morgan fingerprint density at radius 3 is 2.68 bits per heavy atom. The first-order valence-corrected chi connectivity index (χ1v) is 10.7. The van der Waals surface area contributed by atoms with E-state index >= 15 is 0 Å². The first-order chi connectivity index (χ1) is 14.6. The molecule has 0 saturated carbocycles. The van der Waals surface area contributed by atoms with Gasteiger partial charge in [-0.25, -0.2) is 0 Å². The number of carbonyl (C=O) groups excluding carboxylic acids is 2. The number of carbonyl (C=O) groups is 2. The first-order valence-electron chi connectivity index (χ1n) is 10.7. The average molecular weight is 422 g/mol. The lowest BCUT2D eigenvalue weighted by Gasteiger charge is -2.39. The molecule has 0 fully saturated rings. The van der Waals surface area contributed by atoms with Crippen molar-refractivity contribution in [2.45, 2.75) is 52.7 Å². The van der Waals surface area contributed by atoms with E-state index < -0.39 is 11.8 Å². The van der Waals surface area contributed by atoms with Crippen LogP contribution in [0.2, 0.25) is 0 Å². The molecular weight excluding hydrogens is 396 g/mol. The van der Waals surface area contributed by atoms with Crippen molar-refractivity contribution in [1.82, 2.24) is 0 Å². The minimum atomic E-state index is -0.846. The monoisotopic (exact) mass is 422 g/mol. The summed E-state index contributed by atoms with van der Waals surface area (Å²) in [7, 11) is 0. The highest BCUT2D eigenvalue weighted by atomic mass is 16.7. The number of aryl methyl sites for hydroxylation is 1. The SMILES string of the molecule is CC(=O)OCC(=O)[C@@H]1CC=C2c3ccc4cc(O)c5c(c4c3CC[C@@]21C)OC(C)(C)O5. The zero-order valence-electron chi connectivity index (χ0n) is 18.2. The molecule has 0 bridgehead atoms. The predicted molar refractivity (Wildman–Crippen MR) is 115 cm³/mol. The molecule has 0 radical (unpaired) electrons. The van der Waals surface area contributed by atoms with Gasteiger partial charge in [0.25, 0.3) is 0 Å². The van der Waals surface area contributed by atoms with Crippen LogP contribution in [0.5, 0.6) is 17.2 Å². The number of allylic oxidation sites excluding steroid dienone is 2. The highest BCUT2D eigenvalue weighted by molar-refractivity contribution is 6.01. The molecule has 31 heavy (non-hydrogen) atoms. The van der Waals surface area contributed by atoms with Crippen LogP contribution in [0.3, 0.4) is 0 Å². The van der Waals surface area contributed by atoms with Crippen molar-refractivity contribution >= 4 is 28.1 Å². The average Bonchev–Trinajstić information content (AvgIpc) is 3.22. The molecule has 1 heterocycles. The second-order valence-electron chi connectivity index (χ2n) is 9.42. The Morgan fingerprint density at radius 2 is 1.94 bits per heavy atom. The van der Waals surface area contributed by atoms with Gasteiger partial charge in [0.15, 0.2) is 17.3 Å². The van der Waals surface area contributed by atoms with Crippen molar-refractivity contribution in [2.24, 2.45) is 11.3 Å². The second-order valence-corrected chi connectivity index (χ2v) is 9.42. The van der Waals surface area contributed by atoms with Gasteiger partial charge in [-0.2, -0.15) is 0 Å². The van der Waals surface area contributed by atoms with Crippen molar-refractivity contribution in [3.63, 3.8) is 0 Å². The molecule has 0 amide bonds. The van der Waals surface area contributed by atoms with Crippen molar-refractivity contribution in [3.05, 3.63) is 35.4 Å². The number of rotatable bonds is 3. The number of fused-ring (bicyclic) bond motifs is 7. The summed E-state index contributed by atoms with van der Waals surface area (Å²) in [5.74, 6) is -0.471. The zero-order chi connectivity index (χ0) is 22.1. The number of ketones is 1. The molecule has 5 rings (SSSR count). The van der Waals surface area contributed by atoms with Crippen molar-refractivity contribution in [2.75, 3.05) is 6.61 Å². The fourth-order valence-corrected chi connectivity index (χ4v) is 5.51. The topological polar surface area (TPSA) is 82.1 Å². The molecule has 0 aromatic heterocycles. The van der Waals surface area contributed by atoms with Gasteiger partial charge in [-0.15, -0.1) is 0 Å². The molecule has 0 unspecified atom stereocenters. The Balaban J connectivity index is 1.59. The molecule has 0 spiro atoms. The molecule has 2 atom stereocenters. The van der Waals surface area contributed by atoms with Crippen molar-refractivity contribution in [3.8, 4) is 17.2 Å². The fourth-order valence-electron chi connectivity index (χ4n) is 5.51. The summed E-state index contributed by atoms with van der Waals surface area (Å²) >= 11 is 0. The van der Waals surface area contributed by atoms with Crippen LogP contribution in [0.4, 0.5) is 0 Å². The van der Waals surface area contributed by atoms with Gasteiger partial charge in [0.1, 0.15) is 6.61 Å². The van der Waals surface area contributed by atoms with Gasteiger partial charge in [0.2, 0.25) is 11.5 Å². The van der Waals surface area contributed by atoms with Crippen LogP contribution in [0.1, 0.15) is 51.7 Å².